The number of fused-ring (bicyclic) bond motifs is 2. The van der Waals surface area contributed by atoms with Gasteiger partial charge < -0.3 is 14.0 Å². The third-order valence-electron chi connectivity index (χ3n) is 4.25. The number of aromatic nitrogens is 1. The monoisotopic (exact) mass is 374 g/mol. The third kappa shape index (κ3) is 3.69. The third-order valence-corrected chi connectivity index (χ3v) is 4.25. The van der Waals surface area contributed by atoms with Crippen molar-refractivity contribution in [2.75, 3.05) is 7.11 Å². The van der Waals surface area contributed by atoms with E-state index < -0.39 is 5.60 Å². The molecule has 0 aliphatic rings. The fourth-order valence-electron chi connectivity index (χ4n) is 2.88. The number of pyridine rings is 1. The predicted octanol–water partition coefficient (Wildman–Crippen LogP) is 5.29. The molecule has 5 heteroatoms. The summed E-state index contributed by atoms with van der Waals surface area (Å²) in [4.78, 5) is 10.2. The first-order valence-electron chi connectivity index (χ1n) is 9.12. The summed E-state index contributed by atoms with van der Waals surface area (Å²) in [6.07, 6.45) is 1.85. The number of ether oxygens (including phenoxy) is 1. The van der Waals surface area contributed by atoms with E-state index >= 15 is 0 Å². The molecule has 28 heavy (non-hydrogen) atoms. The molecular formula is C23H22N2O3. The summed E-state index contributed by atoms with van der Waals surface area (Å²) in [7, 11) is 1.63. The first-order chi connectivity index (χ1) is 13.4. The molecular weight excluding hydrogens is 352 g/mol. The fourth-order valence-corrected chi connectivity index (χ4v) is 2.88. The highest BCUT2D eigenvalue weighted by Gasteiger charge is 2.13. The van der Waals surface area contributed by atoms with E-state index in [-0.39, 0.29) is 0 Å². The summed E-state index contributed by atoms with van der Waals surface area (Å²) in [5, 5.41) is 8.05. The van der Waals surface area contributed by atoms with Gasteiger partial charge in [-0.3, -0.25) is 4.98 Å². The molecule has 0 radical (unpaired) electrons. The van der Waals surface area contributed by atoms with E-state index in [1.54, 1.807) is 7.11 Å². The largest absolute Gasteiger partial charge is 0.497 e. The summed E-state index contributed by atoms with van der Waals surface area (Å²) >= 11 is 0. The van der Waals surface area contributed by atoms with Crippen LogP contribution >= 0.6 is 0 Å². The highest BCUT2D eigenvalue weighted by molar-refractivity contribution is 5.85. The van der Waals surface area contributed by atoms with Crippen molar-refractivity contribution in [3.8, 4) is 17.2 Å². The lowest BCUT2D eigenvalue weighted by molar-refractivity contribution is -0.00585. The van der Waals surface area contributed by atoms with E-state index in [1.807, 2.05) is 75.5 Å². The molecule has 2 aromatic heterocycles. The molecule has 0 aliphatic heterocycles. The van der Waals surface area contributed by atoms with Gasteiger partial charge in [0, 0.05) is 17.6 Å². The zero-order valence-electron chi connectivity index (χ0n) is 16.4. The van der Waals surface area contributed by atoms with Gasteiger partial charge in [0.2, 0.25) is 0 Å². The maximum absolute atomic E-state index is 6.14. The molecule has 0 unspecified atom stereocenters. The van der Waals surface area contributed by atoms with E-state index in [1.165, 1.54) is 0 Å². The van der Waals surface area contributed by atoms with Gasteiger partial charge in [-0.25, -0.2) is 0 Å². The van der Waals surface area contributed by atoms with Crippen LogP contribution in [0.1, 0.15) is 20.8 Å². The van der Waals surface area contributed by atoms with Crippen LogP contribution in [0.25, 0.3) is 33.2 Å². The summed E-state index contributed by atoms with van der Waals surface area (Å²) < 4.78 is 11.5. The molecule has 0 atom stereocenters. The van der Waals surface area contributed by atoms with Gasteiger partial charge in [0.1, 0.15) is 28.0 Å². The number of hydrogen-bond donors (Lipinski definition) is 0. The molecule has 0 aliphatic carbocycles. The zero-order chi connectivity index (χ0) is 19.7. The Bertz CT molecular complexity index is 1220. The van der Waals surface area contributed by atoms with E-state index in [2.05, 4.69) is 16.2 Å². The van der Waals surface area contributed by atoms with Crippen molar-refractivity contribution in [2.45, 2.75) is 26.4 Å². The molecule has 0 fully saturated rings. The Morgan fingerprint density at radius 2 is 1.75 bits per heavy atom. The van der Waals surface area contributed by atoms with Gasteiger partial charge in [-0.05, 0) is 50.4 Å². The van der Waals surface area contributed by atoms with Gasteiger partial charge in [-0.1, -0.05) is 29.4 Å². The molecule has 4 rings (SSSR count). The van der Waals surface area contributed by atoms with Gasteiger partial charge in [-0.2, -0.15) is 0 Å². The van der Waals surface area contributed by atoms with Crippen LogP contribution in [0.15, 0.2) is 70.4 Å². The summed E-state index contributed by atoms with van der Waals surface area (Å²) in [6, 6.07) is 17.6. The predicted molar refractivity (Wildman–Crippen MR) is 110 cm³/mol. The second kappa shape index (κ2) is 7.00. The van der Waals surface area contributed by atoms with Crippen LogP contribution in [0.4, 0.5) is 0 Å². The Morgan fingerprint density at radius 3 is 2.50 bits per heavy atom. The minimum Gasteiger partial charge on any atom is -0.497 e. The van der Waals surface area contributed by atoms with Crippen LogP contribution in [0.2, 0.25) is 0 Å². The van der Waals surface area contributed by atoms with Gasteiger partial charge in [-0.15, -0.1) is 0 Å². The molecule has 2 heterocycles. The van der Waals surface area contributed by atoms with Gasteiger partial charge in [0.15, 0.2) is 5.76 Å². The van der Waals surface area contributed by atoms with Crippen LogP contribution in [-0.4, -0.2) is 17.7 Å². The Hall–Kier alpha value is -3.34. The van der Waals surface area contributed by atoms with Crippen LogP contribution in [0.3, 0.4) is 0 Å². The van der Waals surface area contributed by atoms with E-state index in [0.717, 1.165) is 27.6 Å². The maximum Gasteiger partial charge on any atom is 0.155 e. The fraction of sp³-hybridized carbons (Fsp3) is 0.217. The molecule has 0 amide bonds. The first-order valence-corrected chi connectivity index (χ1v) is 9.12. The second-order valence-corrected chi connectivity index (χ2v) is 7.57. The van der Waals surface area contributed by atoms with E-state index in [9.17, 15) is 0 Å². The lowest BCUT2D eigenvalue weighted by Gasteiger charge is -2.15. The summed E-state index contributed by atoms with van der Waals surface area (Å²) in [5.41, 5.74) is 1.02. The van der Waals surface area contributed by atoms with Crippen molar-refractivity contribution in [2.24, 2.45) is 5.16 Å². The van der Waals surface area contributed by atoms with Gasteiger partial charge >= 0.3 is 0 Å². The standard InChI is InChI=1S/C23H22N2O3/c1-23(2,3)28-25-19-13-22(27-21-10-9-17(26-4)12-18(19)21)20-11-15-7-5-6-8-16(15)14-24-20/h5-14H,1-4H3. The highest BCUT2D eigenvalue weighted by Crippen LogP contribution is 2.26. The van der Waals surface area contributed by atoms with Crippen molar-refractivity contribution in [3.05, 3.63) is 66.2 Å². The van der Waals surface area contributed by atoms with Crippen LogP contribution in [-0.2, 0) is 4.84 Å². The number of benzene rings is 2. The lowest BCUT2D eigenvalue weighted by Crippen LogP contribution is -2.18. The second-order valence-electron chi connectivity index (χ2n) is 7.57. The molecule has 142 valence electrons. The van der Waals surface area contributed by atoms with Gasteiger partial charge in [0.05, 0.1) is 12.5 Å². The number of hydrogen-bond acceptors (Lipinski definition) is 5. The molecule has 0 spiro atoms. The quantitative estimate of drug-likeness (QED) is 0.457. The average Bonchev–Trinajstić information content (AvgIpc) is 2.70. The molecule has 0 N–H and O–H groups in total. The van der Waals surface area contributed by atoms with Crippen molar-refractivity contribution >= 4 is 21.7 Å². The molecule has 4 aromatic rings. The van der Waals surface area contributed by atoms with Crippen LogP contribution in [0.5, 0.6) is 5.75 Å². The average molecular weight is 374 g/mol. The molecule has 0 saturated heterocycles. The molecule has 0 bridgehead atoms. The Labute approximate surface area is 163 Å². The van der Waals surface area contributed by atoms with Crippen molar-refractivity contribution in [1.29, 1.82) is 0 Å². The maximum atomic E-state index is 6.14. The highest BCUT2D eigenvalue weighted by atomic mass is 16.6. The number of methoxy groups -OCH3 is 1. The zero-order valence-corrected chi connectivity index (χ0v) is 16.4. The molecule has 2 aromatic carbocycles. The number of rotatable bonds is 3. The normalized spacial score (nSPS) is 12.5. The minimum absolute atomic E-state index is 0.403. The van der Waals surface area contributed by atoms with Crippen LogP contribution < -0.4 is 10.1 Å². The molecule has 5 nitrogen and oxygen atoms in total. The van der Waals surface area contributed by atoms with Crippen LogP contribution in [0, 0.1) is 0 Å². The smallest absolute Gasteiger partial charge is 0.155 e. The molecule has 0 saturated carbocycles. The SMILES string of the molecule is COc1ccc2oc(-c3cc4ccccc4cn3)cc(=NOC(C)(C)C)c2c1. The van der Waals surface area contributed by atoms with Crippen molar-refractivity contribution in [3.63, 3.8) is 0 Å². The minimum atomic E-state index is -0.403. The summed E-state index contributed by atoms with van der Waals surface area (Å²) in [5.74, 6) is 1.35. The first kappa shape index (κ1) is 18.0. The summed E-state index contributed by atoms with van der Waals surface area (Å²) in [6.45, 7) is 5.87. The Morgan fingerprint density at radius 1 is 0.964 bits per heavy atom. The number of nitrogens with zero attached hydrogens (tertiary/aromatic N) is 2. The Balaban J connectivity index is 1.93. The van der Waals surface area contributed by atoms with E-state index in [0.29, 0.717) is 16.7 Å². The van der Waals surface area contributed by atoms with Crippen molar-refractivity contribution < 1.29 is 14.0 Å². The van der Waals surface area contributed by atoms with Crippen molar-refractivity contribution in [1.82, 2.24) is 4.98 Å². The Kier molecular flexibility index (Phi) is 4.51. The topological polar surface area (TPSA) is 56.9 Å². The van der Waals surface area contributed by atoms with Gasteiger partial charge in [0.25, 0.3) is 0 Å². The van der Waals surface area contributed by atoms with E-state index in [4.69, 9.17) is 14.0 Å². The lowest BCUT2D eigenvalue weighted by atomic mass is 10.1.